The second kappa shape index (κ2) is 11.2. The average Bonchev–Trinajstić information content (AvgIpc) is 2.63. The second-order valence-electron chi connectivity index (χ2n) is 8.12. The molecule has 6 heteroatoms. The number of aryl methyl sites for hydroxylation is 1. The molecule has 1 aromatic rings. The van der Waals surface area contributed by atoms with Crippen molar-refractivity contribution in [1.29, 1.82) is 0 Å². The number of benzene rings is 1. The first-order valence-electron chi connectivity index (χ1n) is 9.63. The van der Waals surface area contributed by atoms with Crippen molar-refractivity contribution < 1.29 is 4.74 Å². The molecule has 1 heterocycles. The summed E-state index contributed by atoms with van der Waals surface area (Å²) < 4.78 is 6.12. The Labute approximate surface area is 182 Å². The van der Waals surface area contributed by atoms with Crippen molar-refractivity contribution in [2.45, 2.75) is 45.3 Å². The second-order valence-corrected chi connectivity index (χ2v) is 8.12. The summed E-state index contributed by atoms with van der Waals surface area (Å²) in [5, 5.41) is 6.95. The predicted molar refractivity (Wildman–Crippen MR) is 125 cm³/mol. The van der Waals surface area contributed by atoms with Gasteiger partial charge in [0.1, 0.15) is 0 Å². The molecule has 1 aliphatic heterocycles. The van der Waals surface area contributed by atoms with Crippen LogP contribution in [-0.2, 0) is 4.74 Å². The van der Waals surface area contributed by atoms with Crippen LogP contribution in [0.1, 0.15) is 43.9 Å². The SMILES string of the molecule is CN=C(NCC1CCCOC1c1ccc(C)cc1)NCC(C)(C)N(C)C.I. The fourth-order valence-electron chi connectivity index (χ4n) is 3.08. The van der Waals surface area contributed by atoms with Crippen molar-refractivity contribution in [3.8, 4) is 0 Å². The third-order valence-corrected chi connectivity index (χ3v) is 5.51. The molecule has 0 bridgehead atoms. The summed E-state index contributed by atoms with van der Waals surface area (Å²) in [6, 6.07) is 8.74. The molecular formula is C21H37IN4O. The molecule has 0 saturated carbocycles. The number of likely N-dealkylation sites (N-methyl/N-ethyl adjacent to an activating group) is 1. The molecule has 0 amide bonds. The summed E-state index contributed by atoms with van der Waals surface area (Å²) in [6.45, 7) is 9.10. The largest absolute Gasteiger partial charge is 0.373 e. The van der Waals surface area contributed by atoms with Gasteiger partial charge in [0.05, 0.1) is 6.10 Å². The van der Waals surface area contributed by atoms with Crippen LogP contribution in [0.25, 0.3) is 0 Å². The van der Waals surface area contributed by atoms with Crippen LogP contribution in [0.3, 0.4) is 0 Å². The van der Waals surface area contributed by atoms with E-state index in [9.17, 15) is 0 Å². The topological polar surface area (TPSA) is 48.9 Å². The molecule has 5 nitrogen and oxygen atoms in total. The number of guanidine groups is 1. The quantitative estimate of drug-likeness (QED) is 0.365. The minimum atomic E-state index is 0. The zero-order valence-electron chi connectivity index (χ0n) is 17.7. The van der Waals surface area contributed by atoms with Gasteiger partial charge < -0.3 is 20.3 Å². The molecular weight excluding hydrogens is 451 g/mol. The molecule has 0 aromatic heterocycles. The van der Waals surface area contributed by atoms with Crippen molar-refractivity contribution in [2.75, 3.05) is 40.8 Å². The first-order chi connectivity index (χ1) is 12.3. The zero-order valence-corrected chi connectivity index (χ0v) is 20.0. The molecule has 1 aromatic carbocycles. The number of rotatable bonds is 6. The molecule has 2 atom stereocenters. The Morgan fingerprint density at radius 1 is 1.22 bits per heavy atom. The molecule has 2 N–H and O–H groups in total. The van der Waals surface area contributed by atoms with E-state index in [-0.39, 0.29) is 35.6 Å². The molecule has 27 heavy (non-hydrogen) atoms. The van der Waals surface area contributed by atoms with Crippen LogP contribution < -0.4 is 10.6 Å². The number of nitrogens with zero attached hydrogens (tertiary/aromatic N) is 2. The summed E-state index contributed by atoms with van der Waals surface area (Å²) in [7, 11) is 6.03. The van der Waals surface area contributed by atoms with Gasteiger partial charge in [-0.2, -0.15) is 0 Å². The van der Waals surface area contributed by atoms with Crippen molar-refractivity contribution in [3.05, 3.63) is 35.4 Å². The number of halogens is 1. The van der Waals surface area contributed by atoms with Gasteiger partial charge in [-0.1, -0.05) is 29.8 Å². The Balaban J connectivity index is 0.00000364. The van der Waals surface area contributed by atoms with Gasteiger partial charge in [-0.05, 0) is 53.3 Å². The summed E-state index contributed by atoms with van der Waals surface area (Å²) >= 11 is 0. The number of hydrogen-bond donors (Lipinski definition) is 2. The van der Waals surface area contributed by atoms with Gasteiger partial charge in [0.25, 0.3) is 0 Å². The van der Waals surface area contributed by atoms with Gasteiger partial charge in [-0.3, -0.25) is 4.99 Å². The van der Waals surface area contributed by atoms with Crippen molar-refractivity contribution in [1.82, 2.24) is 15.5 Å². The lowest BCUT2D eigenvalue weighted by Gasteiger charge is -2.34. The summed E-state index contributed by atoms with van der Waals surface area (Å²) in [6.07, 6.45) is 2.45. The molecule has 0 radical (unpaired) electrons. The minimum Gasteiger partial charge on any atom is -0.373 e. The van der Waals surface area contributed by atoms with Crippen LogP contribution in [0.15, 0.2) is 29.3 Å². The van der Waals surface area contributed by atoms with Gasteiger partial charge >= 0.3 is 0 Å². The molecule has 2 rings (SSSR count). The summed E-state index contributed by atoms with van der Waals surface area (Å²) in [5.41, 5.74) is 2.63. The van der Waals surface area contributed by atoms with E-state index in [0.29, 0.717) is 5.92 Å². The Morgan fingerprint density at radius 2 is 1.89 bits per heavy atom. The lowest BCUT2D eigenvalue weighted by molar-refractivity contribution is -0.0265. The Bertz CT molecular complexity index is 586. The maximum absolute atomic E-state index is 6.12. The van der Waals surface area contributed by atoms with E-state index in [4.69, 9.17) is 4.74 Å². The molecule has 0 aliphatic carbocycles. The van der Waals surface area contributed by atoms with Crippen LogP contribution in [0.5, 0.6) is 0 Å². The maximum atomic E-state index is 6.12. The molecule has 2 unspecified atom stereocenters. The normalized spacial score (nSPS) is 20.9. The number of ether oxygens (including phenoxy) is 1. The van der Waals surface area contributed by atoms with Crippen LogP contribution in [0.4, 0.5) is 0 Å². The van der Waals surface area contributed by atoms with Gasteiger partial charge in [0, 0.05) is 38.2 Å². The van der Waals surface area contributed by atoms with Gasteiger partial charge in [-0.25, -0.2) is 0 Å². The number of nitrogens with one attached hydrogen (secondary N) is 2. The van der Waals surface area contributed by atoms with Gasteiger partial charge in [-0.15, -0.1) is 24.0 Å². The minimum absolute atomic E-state index is 0. The highest BCUT2D eigenvalue weighted by Gasteiger charge is 2.28. The van der Waals surface area contributed by atoms with E-state index in [0.717, 1.165) is 32.1 Å². The van der Waals surface area contributed by atoms with Crippen molar-refractivity contribution in [2.24, 2.45) is 10.9 Å². The van der Waals surface area contributed by atoms with Crippen LogP contribution in [0.2, 0.25) is 0 Å². The molecule has 154 valence electrons. The monoisotopic (exact) mass is 488 g/mol. The van der Waals surface area contributed by atoms with Crippen LogP contribution in [-0.4, -0.2) is 57.2 Å². The zero-order chi connectivity index (χ0) is 19.2. The highest BCUT2D eigenvalue weighted by atomic mass is 127. The summed E-state index contributed by atoms with van der Waals surface area (Å²) in [4.78, 5) is 6.60. The van der Waals surface area contributed by atoms with Crippen molar-refractivity contribution in [3.63, 3.8) is 0 Å². The van der Waals surface area contributed by atoms with E-state index < -0.39 is 0 Å². The lowest BCUT2D eigenvalue weighted by Crippen LogP contribution is -2.51. The van der Waals surface area contributed by atoms with Crippen LogP contribution >= 0.6 is 24.0 Å². The Hall–Kier alpha value is -0.860. The highest BCUT2D eigenvalue weighted by molar-refractivity contribution is 14.0. The Morgan fingerprint density at radius 3 is 2.48 bits per heavy atom. The molecule has 1 aliphatic rings. The van der Waals surface area contributed by atoms with E-state index in [2.05, 4.69) is 79.7 Å². The first kappa shape index (κ1) is 24.2. The molecule has 0 spiro atoms. The number of hydrogen-bond acceptors (Lipinski definition) is 3. The van der Waals surface area contributed by atoms with E-state index in [1.165, 1.54) is 17.5 Å². The molecule has 1 fully saturated rings. The fraction of sp³-hybridized carbons (Fsp3) is 0.667. The first-order valence-corrected chi connectivity index (χ1v) is 9.63. The standard InChI is InChI=1S/C21H36N4O.HI/c1-16-9-11-17(12-10-16)19-18(8-7-13-26-19)14-23-20(22-4)24-15-21(2,3)25(5)6;/h9-12,18-19H,7-8,13-15H2,1-6H3,(H2,22,23,24);1H. The van der Waals surface area contributed by atoms with Gasteiger partial charge in [0.15, 0.2) is 5.96 Å². The van der Waals surface area contributed by atoms with Crippen molar-refractivity contribution >= 4 is 29.9 Å². The third-order valence-electron chi connectivity index (χ3n) is 5.51. The predicted octanol–water partition coefficient (Wildman–Crippen LogP) is 3.59. The fourth-order valence-corrected chi connectivity index (χ4v) is 3.08. The highest BCUT2D eigenvalue weighted by Crippen LogP contribution is 2.33. The third kappa shape index (κ3) is 7.23. The van der Waals surface area contributed by atoms with Gasteiger partial charge in [0.2, 0.25) is 0 Å². The van der Waals surface area contributed by atoms with E-state index in [1.807, 2.05) is 7.05 Å². The van der Waals surface area contributed by atoms with E-state index >= 15 is 0 Å². The average molecular weight is 488 g/mol. The molecule has 1 saturated heterocycles. The van der Waals surface area contributed by atoms with Crippen LogP contribution in [0, 0.1) is 12.8 Å². The summed E-state index contributed by atoms with van der Waals surface area (Å²) in [5.74, 6) is 1.31. The van der Waals surface area contributed by atoms with E-state index in [1.54, 1.807) is 0 Å². The Kier molecular flexibility index (Phi) is 10.0. The lowest BCUT2D eigenvalue weighted by atomic mass is 9.89. The number of aliphatic imine (C=N–C) groups is 1. The maximum Gasteiger partial charge on any atom is 0.191 e. The smallest absolute Gasteiger partial charge is 0.191 e.